The van der Waals surface area contributed by atoms with Gasteiger partial charge < -0.3 is 63.3 Å². The van der Waals surface area contributed by atoms with Gasteiger partial charge in [-0.3, -0.25) is 34.7 Å². The normalized spacial score (nSPS) is 27.3. The molecule has 5 rings (SSSR count). The number of aliphatic hydroxyl groups excluding tert-OH is 3. The lowest BCUT2D eigenvalue weighted by Gasteiger charge is -2.32. The Kier molecular flexibility index (Phi) is 19.0. The molecule has 15 N–H and O–H groups in total. The van der Waals surface area contributed by atoms with Gasteiger partial charge in [-0.15, -0.1) is 0 Å². The Balaban J connectivity index is 1.47. The van der Waals surface area contributed by atoms with Crippen LogP contribution in [-0.4, -0.2) is 136 Å². The molecule has 64 heavy (non-hydrogen) atoms. The molecule has 0 radical (unpaired) electrons. The van der Waals surface area contributed by atoms with E-state index in [1.807, 2.05) is 30.3 Å². The molecule has 4 amide bonds. The summed E-state index contributed by atoms with van der Waals surface area (Å²) in [6.45, 7) is 2.82. The molecular weight excluding hydrogens is 823 g/mol. The maximum atomic E-state index is 14.5. The fraction of sp³-hybridized carbons (Fsp3) is 0.556. The third-order valence-electron chi connectivity index (χ3n) is 12.0. The fourth-order valence-electron chi connectivity index (χ4n) is 8.33. The van der Waals surface area contributed by atoms with E-state index in [2.05, 4.69) is 36.9 Å². The highest BCUT2D eigenvalue weighted by Crippen LogP contribution is 2.24. The average molecular weight is 890 g/mol. The zero-order chi connectivity index (χ0) is 46.2. The van der Waals surface area contributed by atoms with Gasteiger partial charge in [0.1, 0.15) is 36.4 Å². The van der Waals surface area contributed by atoms with Crippen molar-refractivity contribution >= 4 is 46.3 Å². The molecule has 0 bridgehead atoms. The molecule has 0 unspecified atom stereocenters. The molecule has 350 valence electrons. The van der Waals surface area contributed by atoms with E-state index in [0.717, 1.165) is 16.5 Å². The summed E-state index contributed by atoms with van der Waals surface area (Å²) in [7, 11) is 0. The number of para-hydroxylation sites is 1. The minimum atomic E-state index is -1.43. The fourth-order valence-corrected chi connectivity index (χ4v) is 8.33. The summed E-state index contributed by atoms with van der Waals surface area (Å²) >= 11 is 0. The highest BCUT2D eigenvalue weighted by molar-refractivity contribution is 5.95. The summed E-state index contributed by atoms with van der Waals surface area (Å²) in [5.41, 5.74) is 13.9. The zero-order valence-corrected chi connectivity index (χ0v) is 36.6. The van der Waals surface area contributed by atoms with Gasteiger partial charge in [0.05, 0.1) is 12.1 Å². The van der Waals surface area contributed by atoms with E-state index in [-0.39, 0.29) is 82.1 Å². The monoisotopic (exact) mass is 890 g/mol. The molecule has 2 saturated heterocycles. The number of benzene rings is 2. The van der Waals surface area contributed by atoms with Crippen LogP contribution in [0, 0.1) is 11.3 Å². The SMILES string of the molecule is C[C@H]1CCC(=O)CCNCCCC[C@@H]([C@@H](N)O)N[C@@H](O)[C@H](Cc2c[nH]c3ccccc23)NC(=O)[C@H](CCCNC(=N)N)NC(=O)[C@@H](Cc2ccccc2)NC(=O)[C@@H]2C[C@@H](O)CN2C1=O. The molecule has 0 saturated carbocycles. The third-order valence-corrected chi connectivity index (χ3v) is 12.0. The molecule has 19 heteroatoms. The lowest BCUT2D eigenvalue weighted by Crippen LogP contribution is -2.61. The van der Waals surface area contributed by atoms with Crippen molar-refractivity contribution in [2.24, 2.45) is 17.4 Å². The molecule has 3 heterocycles. The zero-order valence-electron chi connectivity index (χ0n) is 36.6. The smallest absolute Gasteiger partial charge is 0.243 e. The van der Waals surface area contributed by atoms with E-state index in [1.165, 1.54) is 4.90 Å². The molecule has 2 aliphatic heterocycles. The minimum Gasteiger partial charge on any atom is -0.391 e. The number of H-pyrrole nitrogens is 1. The molecule has 2 aliphatic rings. The molecule has 9 atom stereocenters. The largest absolute Gasteiger partial charge is 0.391 e. The summed E-state index contributed by atoms with van der Waals surface area (Å²) in [4.78, 5) is 74.2. The van der Waals surface area contributed by atoms with Gasteiger partial charge in [0.25, 0.3) is 0 Å². The quantitative estimate of drug-likeness (QED) is 0.0550. The molecule has 2 fully saturated rings. The lowest BCUT2D eigenvalue weighted by molar-refractivity contribution is -0.142. The van der Waals surface area contributed by atoms with Gasteiger partial charge in [-0.2, -0.15) is 0 Å². The molecule has 0 aliphatic carbocycles. The second-order valence-electron chi connectivity index (χ2n) is 17.1. The molecule has 2 aromatic carbocycles. The van der Waals surface area contributed by atoms with Crippen molar-refractivity contribution in [1.82, 2.24) is 41.8 Å². The predicted molar refractivity (Wildman–Crippen MR) is 241 cm³/mol. The number of ketones is 1. The predicted octanol–water partition coefficient (Wildman–Crippen LogP) is -0.665. The number of nitrogens with two attached hydrogens (primary N) is 2. The van der Waals surface area contributed by atoms with Crippen molar-refractivity contribution in [3.8, 4) is 0 Å². The number of aromatic nitrogens is 1. The number of Topliss-reactive ketones (excluding diaryl/α,β-unsaturated/α-hetero) is 1. The number of carbonyl (C=O) groups excluding carboxylic acids is 5. The van der Waals surface area contributed by atoms with Gasteiger partial charge in [0, 0.05) is 74.4 Å². The first-order chi connectivity index (χ1) is 30.7. The molecule has 3 aromatic rings. The van der Waals surface area contributed by atoms with E-state index in [1.54, 1.807) is 37.4 Å². The van der Waals surface area contributed by atoms with Crippen LogP contribution in [0.5, 0.6) is 0 Å². The van der Waals surface area contributed by atoms with Crippen molar-refractivity contribution in [2.45, 2.75) is 126 Å². The van der Waals surface area contributed by atoms with Crippen LogP contribution in [0.2, 0.25) is 0 Å². The molecule has 19 nitrogen and oxygen atoms in total. The molecule has 1 aromatic heterocycles. The first kappa shape index (κ1) is 49.6. The summed E-state index contributed by atoms with van der Waals surface area (Å²) < 4.78 is 0. The maximum Gasteiger partial charge on any atom is 0.243 e. The van der Waals surface area contributed by atoms with E-state index < -0.39 is 72.4 Å². The number of guanidine groups is 1. The van der Waals surface area contributed by atoms with Crippen molar-refractivity contribution < 1.29 is 39.3 Å². The van der Waals surface area contributed by atoms with Gasteiger partial charge in [0.15, 0.2) is 5.96 Å². The number of aliphatic hydroxyl groups is 3. The molecule has 0 spiro atoms. The molecular formula is C45H67N11O8. The van der Waals surface area contributed by atoms with Crippen LogP contribution in [-0.2, 0) is 36.8 Å². The first-order valence-electron chi connectivity index (χ1n) is 22.4. The number of carbonyl (C=O) groups is 5. The van der Waals surface area contributed by atoms with E-state index in [0.29, 0.717) is 37.9 Å². The summed E-state index contributed by atoms with van der Waals surface area (Å²) in [6.07, 6.45) is 0.770. The van der Waals surface area contributed by atoms with Gasteiger partial charge in [0.2, 0.25) is 23.6 Å². The second kappa shape index (κ2) is 24.6. The van der Waals surface area contributed by atoms with Crippen molar-refractivity contribution in [1.29, 1.82) is 5.41 Å². The standard InChI is InChI=1S/C45H67N11O8/c1-27-16-17-30(57)18-21-49-19-8-7-14-34(39(46)59)52-42(62)37(23-29-25-51-33-13-6-5-12-32(29)33)54-40(60)35(15-9-20-50-45(47)48)53-41(61)36(22-28-10-3-2-4-11-28)55-43(63)38-24-31(58)26-56(38)44(27)64/h2-6,10-13,25,27,31,34-39,42,49,51-52,58-59,62H,7-9,14-24,26,46H2,1H3,(H,53,61)(H,54,60)(H,55,63)(H4,47,48,50)/t27-,31+,34-,35-,36+,37-,38-,39-,42-/m0/s1. The highest BCUT2D eigenvalue weighted by Gasteiger charge is 2.42. The number of nitrogens with zero attached hydrogens (tertiary/aromatic N) is 1. The van der Waals surface area contributed by atoms with E-state index >= 15 is 0 Å². The number of hydrogen-bond donors (Lipinski definition) is 13. The number of fused-ring (bicyclic) bond motifs is 2. The Morgan fingerprint density at radius 2 is 1.61 bits per heavy atom. The number of nitrogens with one attached hydrogen (secondary N) is 8. The Bertz CT molecular complexity index is 2020. The number of rotatable bonds is 9. The minimum absolute atomic E-state index is 0.0177. The summed E-state index contributed by atoms with van der Waals surface area (Å²) in [5, 5.41) is 59.2. The van der Waals surface area contributed by atoms with E-state index in [9.17, 15) is 39.3 Å². The summed E-state index contributed by atoms with van der Waals surface area (Å²) in [6, 6.07) is 11.2. The number of amides is 4. The van der Waals surface area contributed by atoms with Gasteiger partial charge in [-0.25, -0.2) is 0 Å². The van der Waals surface area contributed by atoms with Gasteiger partial charge in [-0.1, -0.05) is 61.9 Å². The average Bonchev–Trinajstić information content (AvgIpc) is 3.87. The Labute approximate surface area is 373 Å². The van der Waals surface area contributed by atoms with Crippen molar-refractivity contribution in [3.05, 3.63) is 71.9 Å². The highest BCUT2D eigenvalue weighted by atomic mass is 16.3. The van der Waals surface area contributed by atoms with Crippen LogP contribution in [0.3, 0.4) is 0 Å². The Morgan fingerprint density at radius 3 is 2.36 bits per heavy atom. The van der Waals surface area contributed by atoms with Crippen LogP contribution < -0.4 is 43.4 Å². The van der Waals surface area contributed by atoms with Crippen LogP contribution in [0.15, 0.2) is 60.8 Å². The van der Waals surface area contributed by atoms with Crippen LogP contribution in [0.1, 0.15) is 75.8 Å². The van der Waals surface area contributed by atoms with Crippen molar-refractivity contribution in [3.63, 3.8) is 0 Å². The number of aromatic amines is 1. The van der Waals surface area contributed by atoms with Crippen molar-refractivity contribution in [2.75, 3.05) is 26.2 Å². The van der Waals surface area contributed by atoms with Crippen LogP contribution in [0.25, 0.3) is 10.9 Å². The summed E-state index contributed by atoms with van der Waals surface area (Å²) in [5.74, 6) is -3.30. The maximum absolute atomic E-state index is 14.5. The lowest BCUT2D eigenvalue weighted by atomic mass is 10.00. The van der Waals surface area contributed by atoms with Crippen LogP contribution in [0.4, 0.5) is 0 Å². The Hall–Kier alpha value is -5.44. The van der Waals surface area contributed by atoms with E-state index in [4.69, 9.17) is 16.9 Å². The topological polar surface area (TPSA) is 313 Å². The Morgan fingerprint density at radius 1 is 0.891 bits per heavy atom. The third kappa shape index (κ3) is 14.8. The van der Waals surface area contributed by atoms with Gasteiger partial charge >= 0.3 is 0 Å². The second-order valence-corrected chi connectivity index (χ2v) is 17.1. The number of hydrogen-bond acceptors (Lipinski definition) is 12. The van der Waals surface area contributed by atoms with Crippen LogP contribution >= 0.6 is 0 Å². The first-order valence-corrected chi connectivity index (χ1v) is 22.4. The van der Waals surface area contributed by atoms with Gasteiger partial charge in [-0.05, 0) is 62.3 Å².